The predicted molar refractivity (Wildman–Crippen MR) is 150 cm³/mol. The third kappa shape index (κ3) is 3.24. The molecule has 182 valence electrons. The molecule has 0 spiro atoms. The fourth-order valence-electron chi connectivity index (χ4n) is 5.21. The number of fused-ring (bicyclic) bond motifs is 3. The van der Waals surface area contributed by atoms with Crippen LogP contribution in [0.5, 0.6) is 0 Å². The van der Waals surface area contributed by atoms with Crippen molar-refractivity contribution in [2.75, 3.05) is 0 Å². The average Bonchev–Trinajstić information content (AvgIpc) is 3.62. The highest BCUT2D eigenvalue weighted by atomic mass is 16.4. The quantitative estimate of drug-likeness (QED) is 0.340. The predicted octanol–water partition coefficient (Wildman–Crippen LogP) is 2.20. The lowest BCUT2D eigenvalue weighted by Crippen LogP contribution is -2.23. The number of aromatic nitrogens is 4. The van der Waals surface area contributed by atoms with E-state index in [2.05, 4.69) is 22.1 Å². The molecule has 0 amide bonds. The highest BCUT2D eigenvalue weighted by Gasteiger charge is 2.24. The Morgan fingerprint density at radius 2 is 1.11 bits per heavy atom. The molecule has 4 aromatic heterocycles. The van der Waals surface area contributed by atoms with Crippen LogP contribution in [0.4, 0.5) is 0 Å². The standard InChI is InChI=1S/C28H22B2N6O2/c1-13-5-7-19-21(9-13)37-27(33-19)17(11-31)25-23-15(3)36(30)26(24(23)16(4)35(25)29)18(12-32)28-34-20-8-6-14(2)10-22(20)38-28/h5-10H,29-30H2,1-4H3/b25-17-,26-18-. The minimum atomic E-state index is 0.263. The molecule has 0 aliphatic rings. The Morgan fingerprint density at radius 1 is 0.711 bits per heavy atom. The van der Waals surface area contributed by atoms with Crippen molar-refractivity contribution in [3.63, 3.8) is 0 Å². The Bertz CT molecular complexity index is 2020. The van der Waals surface area contributed by atoms with Crippen LogP contribution in [0.1, 0.15) is 34.3 Å². The molecule has 0 saturated heterocycles. The van der Waals surface area contributed by atoms with E-state index in [-0.39, 0.29) is 11.8 Å². The van der Waals surface area contributed by atoms with E-state index in [1.54, 1.807) is 0 Å². The second-order valence-electron chi connectivity index (χ2n) is 9.69. The molecule has 0 N–H and O–H groups in total. The molecule has 10 heteroatoms. The molecule has 2 aromatic carbocycles. The number of hydrogen-bond acceptors (Lipinski definition) is 6. The fraction of sp³-hybridized carbons (Fsp3) is 0.143. The van der Waals surface area contributed by atoms with E-state index < -0.39 is 0 Å². The summed E-state index contributed by atoms with van der Waals surface area (Å²) in [7, 11) is 3.82. The minimum absolute atomic E-state index is 0.263. The van der Waals surface area contributed by atoms with Crippen LogP contribution in [-0.2, 0) is 0 Å². The van der Waals surface area contributed by atoms with E-state index >= 15 is 0 Å². The summed E-state index contributed by atoms with van der Waals surface area (Å²) < 4.78 is 16.0. The molecule has 4 heterocycles. The number of nitrogens with zero attached hydrogens (tertiary/aromatic N) is 6. The molecule has 0 atom stereocenters. The van der Waals surface area contributed by atoms with Gasteiger partial charge in [-0.25, -0.2) is 9.97 Å². The molecule has 0 radical (unpaired) electrons. The third-order valence-corrected chi connectivity index (χ3v) is 7.34. The minimum Gasteiger partial charge on any atom is -0.435 e. The van der Waals surface area contributed by atoms with E-state index in [4.69, 9.17) is 8.83 Å². The van der Waals surface area contributed by atoms with Gasteiger partial charge in [0.05, 0.1) is 10.7 Å². The van der Waals surface area contributed by atoms with Crippen LogP contribution >= 0.6 is 0 Å². The maximum atomic E-state index is 10.3. The van der Waals surface area contributed by atoms with Gasteiger partial charge in [0.2, 0.25) is 27.7 Å². The van der Waals surface area contributed by atoms with Gasteiger partial charge in [0.1, 0.15) is 34.3 Å². The molecule has 8 nitrogen and oxygen atoms in total. The molecular weight excluding hydrogens is 474 g/mol. The summed E-state index contributed by atoms with van der Waals surface area (Å²) in [4.78, 5) is 9.24. The van der Waals surface area contributed by atoms with Crippen molar-refractivity contribution >= 4 is 60.1 Å². The zero-order chi connectivity index (χ0) is 26.9. The van der Waals surface area contributed by atoms with Crippen molar-refractivity contribution in [2.45, 2.75) is 27.7 Å². The Labute approximate surface area is 219 Å². The first-order valence-electron chi connectivity index (χ1n) is 12.2. The molecule has 6 rings (SSSR count). The van der Waals surface area contributed by atoms with Crippen LogP contribution in [-0.4, -0.2) is 34.9 Å². The van der Waals surface area contributed by atoms with Crippen LogP contribution in [0.15, 0.2) is 45.2 Å². The fourth-order valence-corrected chi connectivity index (χ4v) is 5.21. The normalized spacial score (nSPS) is 13.2. The first-order chi connectivity index (χ1) is 18.2. The second-order valence-corrected chi connectivity index (χ2v) is 9.69. The van der Waals surface area contributed by atoms with Gasteiger partial charge >= 0.3 is 0 Å². The lowest BCUT2D eigenvalue weighted by Gasteiger charge is -2.04. The van der Waals surface area contributed by atoms with Gasteiger partial charge in [0.25, 0.3) is 0 Å². The van der Waals surface area contributed by atoms with Gasteiger partial charge in [-0.2, -0.15) is 10.5 Å². The summed E-state index contributed by atoms with van der Waals surface area (Å²) in [6.07, 6.45) is 0. The van der Waals surface area contributed by atoms with Crippen LogP contribution < -0.4 is 10.7 Å². The van der Waals surface area contributed by atoms with Gasteiger partial charge in [-0.05, 0) is 63.1 Å². The van der Waals surface area contributed by atoms with Crippen molar-refractivity contribution < 1.29 is 8.83 Å². The highest BCUT2D eigenvalue weighted by Crippen LogP contribution is 2.26. The number of benzene rings is 2. The van der Waals surface area contributed by atoms with Gasteiger partial charge < -0.3 is 17.8 Å². The van der Waals surface area contributed by atoms with Crippen molar-refractivity contribution in [3.05, 3.63) is 81.4 Å². The molecule has 0 fully saturated rings. The summed E-state index contributed by atoms with van der Waals surface area (Å²) >= 11 is 0. The number of oxazole rings is 2. The first-order valence-corrected chi connectivity index (χ1v) is 12.2. The summed E-state index contributed by atoms with van der Waals surface area (Å²) in [6.45, 7) is 7.92. The maximum absolute atomic E-state index is 10.3. The van der Waals surface area contributed by atoms with Gasteiger partial charge in [-0.1, -0.05) is 12.1 Å². The van der Waals surface area contributed by atoms with Crippen molar-refractivity contribution in [2.24, 2.45) is 0 Å². The topological polar surface area (TPSA) is 110 Å². The Hall–Kier alpha value is -4.95. The van der Waals surface area contributed by atoms with Gasteiger partial charge in [0.15, 0.2) is 11.2 Å². The number of rotatable bonds is 2. The van der Waals surface area contributed by atoms with Gasteiger partial charge in [0, 0.05) is 22.2 Å². The molecule has 6 aromatic rings. The molecule has 38 heavy (non-hydrogen) atoms. The number of nitriles is 2. The van der Waals surface area contributed by atoms with E-state index in [0.29, 0.717) is 44.0 Å². The molecule has 0 aliphatic heterocycles. The van der Waals surface area contributed by atoms with Gasteiger partial charge in [-0.15, -0.1) is 0 Å². The van der Waals surface area contributed by atoms with Crippen LogP contribution in [0, 0.1) is 50.4 Å². The van der Waals surface area contributed by atoms with E-state index in [0.717, 1.165) is 33.3 Å². The Morgan fingerprint density at radius 3 is 1.47 bits per heavy atom. The molecule has 0 aliphatic carbocycles. The van der Waals surface area contributed by atoms with Crippen molar-refractivity contribution in [1.29, 1.82) is 10.5 Å². The van der Waals surface area contributed by atoms with Crippen LogP contribution in [0.25, 0.3) is 44.1 Å². The Balaban J connectivity index is 1.75. The largest absolute Gasteiger partial charge is 0.435 e. The molecular formula is C28H22B2N6O2. The summed E-state index contributed by atoms with van der Waals surface area (Å²) in [5.41, 5.74) is 7.20. The molecule has 0 unspecified atom stereocenters. The number of hydrogen-bond donors (Lipinski definition) is 0. The zero-order valence-electron chi connectivity index (χ0n) is 22.0. The smallest absolute Gasteiger partial charge is 0.240 e. The van der Waals surface area contributed by atoms with Crippen molar-refractivity contribution in [1.82, 2.24) is 18.9 Å². The zero-order valence-corrected chi connectivity index (χ0v) is 22.0. The van der Waals surface area contributed by atoms with Gasteiger partial charge in [-0.3, -0.25) is 0 Å². The third-order valence-electron chi connectivity index (χ3n) is 7.34. The van der Waals surface area contributed by atoms with Crippen LogP contribution in [0.3, 0.4) is 0 Å². The number of aryl methyl sites for hydroxylation is 4. The van der Waals surface area contributed by atoms with E-state index in [9.17, 15) is 10.5 Å². The summed E-state index contributed by atoms with van der Waals surface area (Å²) in [5.74, 6) is 0.526. The Kier molecular flexibility index (Phi) is 5.12. The highest BCUT2D eigenvalue weighted by molar-refractivity contribution is 6.14. The van der Waals surface area contributed by atoms with E-state index in [1.165, 1.54) is 0 Å². The van der Waals surface area contributed by atoms with E-state index in [1.807, 2.05) is 89.0 Å². The summed E-state index contributed by atoms with van der Waals surface area (Å²) in [5, 5.41) is 23.7. The van der Waals surface area contributed by atoms with Crippen molar-refractivity contribution in [3.8, 4) is 12.1 Å². The lowest BCUT2D eigenvalue weighted by molar-refractivity contribution is 0.584. The lowest BCUT2D eigenvalue weighted by atomic mass is 10.1. The SMILES string of the molecule is Bn1c(C)c2/c(=C(\C#N)c3nc4ccc(C)cc4o3)n(B)c(C)c2/c1=C(\C#N)c1nc2ccc(C)cc2o1. The second kappa shape index (κ2) is 8.29. The monoisotopic (exact) mass is 496 g/mol. The maximum Gasteiger partial charge on any atom is 0.240 e. The average molecular weight is 496 g/mol. The van der Waals surface area contributed by atoms with Crippen LogP contribution in [0.2, 0.25) is 0 Å². The molecule has 0 saturated carbocycles. The summed E-state index contributed by atoms with van der Waals surface area (Å²) in [6, 6.07) is 16.2. The molecule has 0 bridgehead atoms. The first kappa shape index (κ1) is 23.4.